The van der Waals surface area contributed by atoms with Gasteiger partial charge < -0.3 is 10.6 Å². The largest absolute Gasteiger partial charge is 0.352 e. The molecule has 1 amide bonds. The van der Waals surface area contributed by atoms with Crippen LogP contribution in [0.1, 0.15) is 63.9 Å². The maximum absolute atomic E-state index is 12.4. The molecule has 1 saturated carbocycles. The monoisotopic (exact) mass is 389 g/mol. The van der Waals surface area contributed by atoms with E-state index in [1.54, 1.807) is 11.8 Å². The highest BCUT2D eigenvalue weighted by molar-refractivity contribution is 7.99. The van der Waals surface area contributed by atoms with Crippen LogP contribution in [-0.2, 0) is 4.79 Å². The molecular weight excluding hydrogens is 354 g/mol. The first-order chi connectivity index (χ1) is 13.0. The molecule has 1 aliphatic carbocycles. The van der Waals surface area contributed by atoms with Crippen molar-refractivity contribution in [2.24, 2.45) is 10.9 Å². The molecule has 4 nitrogen and oxygen atoms in total. The van der Waals surface area contributed by atoms with E-state index in [9.17, 15) is 4.79 Å². The fourth-order valence-electron chi connectivity index (χ4n) is 3.75. The van der Waals surface area contributed by atoms with E-state index in [1.165, 1.54) is 31.2 Å². The minimum Gasteiger partial charge on any atom is -0.352 e. The topological polar surface area (TPSA) is 53.5 Å². The molecule has 1 aliphatic rings. The average molecular weight is 390 g/mol. The Morgan fingerprint density at radius 1 is 1.33 bits per heavy atom. The summed E-state index contributed by atoms with van der Waals surface area (Å²) in [5, 5.41) is 6.50. The Hall–Kier alpha value is -1.33. The Morgan fingerprint density at radius 3 is 2.70 bits per heavy atom. The van der Waals surface area contributed by atoms with Crippen LogP contribution in [0, 0.1) is 5.92 Å². The van der Waals surface area contributed by atoms with Gasteiger partial charge in [-0.05, 0) is 68.3 Å². The number of benzene rings is 1. The van der Waals surface area contributed by atoms with Gasteiger partial charge in [0.15, 0.2) is 0 Å². The van der Waals surface area contributed by atoms with Crippen molar-refractivity contribution >= 4 is 30.1 Å². The third kappa shape index (κ3) is 6.96. The van der Waals surface area contributed by atoms with Gasteiger partial charge in [-0.3, -0.25) is 9.79 Å². The van der Waals surface area contributed by atoms with Crippen molar-refractivity contribution in [3.63, 3.8) is 0 Å². The van der Waals surface area contributed by atoms with Gasteiger partial charge in [-0.15, -0.1) is 11.8 Å². The summed E-state index contributed by atoms with van der Waals surface area (Å²) in [4.78, 5) is 17.7. The number of aliphatic imine (C=N–C) groups is 1. The van der Waals surface area contributed by atoms with Crippen LogP contribution in [0.4, 0.5) is 5.69 Å². The van der Waals surface area contributed by atoms with Crippen LogP contribution in [0.3, 0.4) is 0 Å². The molecule has 0 bridgehead atoms. The van der Waals surface area contributed by atoms with Crippen molar-refractivity contribution < 1.29 is 4.79 Å². The smallest absolute Gasteiger partial charge is 0.220 e. The van der Waals surface area contributed by atoms with Crippen molar-refractivity contribution in [3.05, 3.63) is 23.8 Å². The molecule has 150 valence electrons. The number of thioether (sulfide) groups is 1. The van der Waals surface area contributed by atoms with Gasteiger partial charge in [0.25, 0.3) is 0 Å². The zero-order valence-electron chi connectivity index (χ0n) is 17.1. The Bertz CT molecular complexity index is 612. The number of rotatable bonds is 11. The summed E-state index contributed by atoms with van der Waals surface area (Å²) in [6, 6.07) is 6.65. The molecule has 1 fully saturated rings. The third-order valence-electron chi connectivity index (χ3n) is 5.37. The van der Waals surface area contributed by atoms with Crippen LogP contribution in [0.2, 0.25) is 0 Å². The van der Waals surface area contributed by atoms with Gasteiger partial charge in [0.1, 0.15) is 0 Å². The summed E-state index contributed by atoms with van der Waals surface area (Å²) in [5.41, 5.74) is 2.25. The Labute approximate surface area is 169 Å². The fourth-order valence-corrected chi connectivity index (χ4v) is 4.75. The minimum atomic E-state index is 0.181. The van der Waals surface area contributed by atoms with Gasteiger partial charge in [-0.25, -0.2) is 0 Å². The van der Waals surface area contributed by atoms with Crippen LogP contribution in [0.15, 0.2) is 28.1 Å². The molecule has 0 saturated heterocycles. The molecule has 0 spiro atoms. The Balaban J connectivity index is 1.79. The van der Waals surface area contributed by atoms with Crippen molar-refractivity contribution in [2.45, 2.75) is 69.2 Å². The van der Waals surface area contributed by atoms with Crippen molar-refractivity contribution in [3.8, 4) is 0 Å². The molecule has 0 aromatic heterocycles. The van der Waals surface area contributed by atoms with Crippen LogP contribution >= 0.6 is 11.8 Å². The molecule has 5 heteroatoms. The maximum Gasteiger partial charge on any atom is 0.220 e. The van der Waals surface area contributed by atoms with Gasteiger partial charge in [0.2, 0.25) is 5.91 Å². The van der Waals surface area contributed by atoms with E-state index in [0.29, 0.717) is 18.3 Å². The van der Waals surface area contributed by atoms with E-state index in [4.69, 9.17) is 0 Å². The average Bonchev–Trinajstić information content (AvgIpc) is 3.19. The quantitative estimate of drug-likeness (QED) is 0.321. The SMILES string of the molecule is C=Nc1ccc(C(C)C)cc1SCCCC(=O)NC(CNC)C1CCCC1. The highest BCUT2D eigenvalue weighted by atomic mass is 32.2. The number of carbonyl (C=O) groups is 1. The lowest BCUT2D eigenvalue weighted by Crippen LogP contribution is -2.45. The number of amides is 1. The van der Waals surface area contributed by atoms with Crippen molar-refractivity contribution in [1.29, 1.82) is 0 Å². The highest BCUT2D eigenvalue weighted by Gasteiger charge is 2.25. The van der Waals surface area contributed by atoms with Crippen molar-refractivity contribution in [2.75, 3.05) is 19.3 Å². The van der Waals surface area contributed by atoms with Gasteiger partial charge in [-0.1, -0.05) is 32.8 Å². The maximum atomic E-state index is 12.4. The van der Waals surface area contributed by atoms with E-state index in [2.05, 4.69) is 48.3 Å². The lowest BCUT2D eigenvalue weighted by molar-refractivity contribution is -0.122. The normalized spacial score (nSPS) is 15.9. The van der Waals surface area contributed by atoms with Crippen LogP contribution in [0.5, 0.6) is 0 Å². The predicted molar refractivity (Wildman–Crippen MR) is 118 cm³/mol. The molecule has 27 heavy (non-hydrogen) atoms. The molecule has 2 rings (SSSR count). The molecular formula is C22H35N3OS. The van der Waals surface area contributed by atoms with Crippen LogP contribution in [-0.4, -0.2) is 38.0 Å². The number of nitrogens with one attached hydrogen (secondary N) is 2. The molecule has 1 unspecified atom stereocenters. The zero-order chi connectivity index (χ0) is 19.6. The molecule has 1 aromatic carbocycles. The van der Waals surface area contributed by atoms with Crippen LogP contribution < -0.4 is 10.6 Å². The number of likely N-dealkylation sites (N-methyl/N-ethyl adjacent to an activating group) is 1. The minimum absolute atomic E-state index is 0.181. The van der Waals surface area contributed by atoms with Crippen LogP contribution in [0.25, 0.3) is 0 Å². The Morgan fingerprint density at radius 2 is 2.07 bits per heavy atom. The first kappa shape index (κ1) is 22.0. The number of carbonyl (C=O) groups excluding carboxylic acids is 1. The first-order valence-corrected chi connectivity index (χ1v) is 11.2. The van der Waals surface area contributed by atoms with Crippen molar-refractivity contribution in [1.82, 2.24) is 10.6 Å². The summed E-state index contributed by atoms with van der Waals surface area (Å²) in [6.45, 7) is 8.93. The summed E-state index contributed by atoms with van der Waals surface area (Å²) >= 11 is 1.77. The summed E-state index contributed by atoms with van der Waals surface area (Å²) in [6.07, 6.45) is 6.54. The van der Waals surface area contributed by atoms with Gasteiger partial charge >= 0.3 is 0 Å². The molecule has 0 radical (unpaired) electrons. The van der Waals surface area contributed by atoms with E-state index in [-0.39, 0.29) is 11.9 Å². The summed E-state index contributed by atoms with van der Waals surface area (Å²) in [7, 11) is 1.96. The first-order valence-electron chi connectivity index (χ1n) is 10.2. The molecule has 2 N–H and O–H groups in total. The highest BCUT2D eigenvalue weighted by Crippen LogP contribution is 2.33. The Kier molecular flexibility index (Phi) is 9.35. The molecule has 0 heterocycles. The lowest BCUT2D eigenvalue weighted by Gasteiger charge is -2.24. The predicted octanol–water partition coefficient (Wildman–Crippen LogP) is 4.91. The number of hydrogen-bond acceptors (Lipinski definition) is 4. The van der Waals surface area contributed by atoms with Gasteiger partial charge in [0.05, 0.1) is 5.69 Å². The molecule has 1 aromatic rings. The molecule has 1 atom stereocenters. The fraction of sp³-hybridized carbons (Fsp3) is 0.636. The van der Waals surface area contributed by atoms with E-state index in [1.807, 2.05) is 13.1 Å². The second-order valence-electron chi connectivity index (χ2n) is 7.77. The van der Waals surface area contributed by atoms with Gasteiger partial charge in [-0.2, -0.15) is 0 Å². The van der Waals surface area contributed by atoms with Gasteiger partial charge in [0, 0.05) is 23.9 Å². The zero-order valence-corrected chi connectivity index (χ0v) is 17.9. The standard InChI is InChI=1S/C22H35N3OS/c1-16(2)18-11-12-19(24-4)21(14-18)27-13-7-10-22(26)25-20(15-23-3)17-8-5-6-9-17/h11-12,14,16-17,20,23H,4-10,13,15H2,1-3H3,(H,25,26). The second kappa shape index (κ2) is 11.5. The third-order valence-corrected chi connectivity index (χ3v) is 6.50. The molecule has 0 aliphatic heterocycles. The second-order valence-corrected chi connectivity index (χ2v) is 8.90. The summed E-state index contributed by atoms with van der Waals surface area (Å²) < 4.78 is 0. The van der Waals surface area contributed by atoms with E-state index in [0.717, 1.165) is 29.3 Å². The summed E-state index contributed by atoms with van der Waals surface area (Å²) in [5.74, 6) is 2.22. The number of hydrogen-bond donors (Lipinski definition) is 2. The van der Waals surface area contributed by atoms with E-state index < -0.39 is 0 Å². The lowest BCUT2D eigenvalue weighted by atomic mass is 9.98. The van der Waals surface area contributed by atoms with E-state index >= 15 is 0 Å². The number of nitrogens with zero attached hydrogens (tertiary/aromatic N) is 1.